The van der Waals surface area contributed by atoms with Crippen LogP contribution in [0.3, 0.4) is 0 Å². The van der Waals surface area contributed by atoms with Crippen LogP contribution < -0.4 is 10.9 Å². The Kier molecular flexibility index (Phi) is 1.95. The second kappa shape index (κ2) is 2.65. The summed E-state index contributed by atoms with van der Waals surface area (Å²) < 4.78 is 21.5. The molecule has 0 aliphatic rings. The van der Waals surface area contributed by atoms with Crippen molar-refractivity contribution in [2.45, 2.75) is 4.90 Å². The van der Waals surface area contributed by atoms with Gasteiger partial charge in [0, 0.05) is 17.8 Å². The first kappa shape index (κ1) is 8.82. The van der Waals surface area contributed by atoms with Crippen molar-refractivity contribution in [3.63, 3.8) is 0 Å². The lowest BCUT2D eigenvalue weighted by molar-refractivity contribution is 0.473. The molecule has 0 aliphatic heterocycles. The highest BCUT2D eigenvalue weighted by molar-refractivity contribution is 7.89. The average Bonchev–Trinajstić information content (AvgIpc) is 1.82. The van der Waals surface area contributed by atoms with E-state index in [1.165, 1.54) is 12.1 Å². The molecular weight excluding hydrogens is 180 g/mol. The molecule has 1 rings (SSSR count). The van der Waals surface area contributed by atoms with Gasteiger partial charge in [0.25, 0.3) is 0 Å². The highest BCUT2D eigenvalue weighted by Gasteiger charge is 2.08. The molecule has 5 N–H and O–H groups in total. The molecule has 0 aliphatic carbocycles. The Morgan fingerprint density at radius 2 is 1.83 bits per heavy atom. The maximum atomic E-state index is 10.7. The predicted molar refractivity (Wildman–Crippen MR) is 43.9 cm³/mol. The highest BCUT2D eigenvalue weighted by atomic mass is 32.2. The van der Waals surface area contributed by atoms with Crippen LogP contribution in [0, 0.1) is 0 Å². The molecule has 5 nitrogen and oxygen atoms in total. The lowest BCUT2D eigenvalue weighted by Gasteiger charge is -2.00. The van der Waals surface area contributed by atoms with E-state index in [0.29, 0.717) is 0 Å². The van der Waals surface area contributed by atoms with E-state index in [4.69, 9.17) is 16.0 Å². The molecule has 66 valence electrons. The van der Waals surface area contributed by atoms with Gasteiger partial charge in [-0.3, -0.25) is 0 Å². The number of primary sulfonamides is 1. The zero-order valence-electron chi connectivity index (χ0n) is 6.06. The van der Waals surface area contributed by atoms with Crippen molar-refractivity contribution < 1.29 is 13.5 Å². The summed E-state index contributed by atoms with van der Waals surface area (Å²) in [6.45, 7) is 0. The van der Waals surface area contributed by atoms with Gasteiger partial charge < -0.3 is 10.8 Å². The summed E-state index contributed by atoms with van der Waals surface area (Å²) in [4.78, 5) is -0.194. The summed E-state index contributed by atoms with van der Waals surface area (Å²) in [5.41, 5.74) is 5.43. The van der Waals surface area contributed by atoms with E-state index in [1.54, 1.807) is 0 Å². The van der Waals surface area contributed by atoms with Crippen LogP contribution in [0.1, 0.15) is 0 Å². The zero-order chi connectivity index (χ0) is 9.35. The molecule has 1 aromatic carbocycles. The molecule has 0 amide bonds. The quantitative estimate of drug-likeness (QED) is 0.522. The molecule has 0 bridgehead atoms. The van der Waals surface area contributed by atoms with Gasteiger partial charge in [-0.15, -0.1) is 0 Å². The molecule has 0 saturated carbocycles. The minimum absolute atomic E-state index is 0.152. The van der Waals surface area contributed by atoms with Crippen molar-refractivity contribution in [3.05, 3.63) is 18.2 Å². The van der Waals surface area contributed by atoms with E-state index >= 15 is 0 Å². The fourth-order valence-electron chi connectivity index (χ4n) is 0.770. The molecule has 0 heterocycles. The lowest BCUT2D eigenvalue weighted by Crippen LogP contribution is -2.12. The minimum Gasteiger partial charge on any atom is -0.508 e. The summed E-state index contributed by atoms with van der Waals surface area (Å²) in [7, 11) is -3.79. The predicted octanol–water partition coefficient (Wildman–Crippen LogP) is -0.378. The Hall–Kier alpha value is -1.27. The van der Waals surface area contributed by atoms with Gasteiger partial charge in [-0.25, -0.2) is 13.6 Å². The molecular formula is C6H8N2O3S. The van der Waals surface area contributed by atoms with E-state index in [0.717, 1.165) is 6.07 Å². The largest absolute Gasteiger partial charge is 0.508 e. The summed E-state index contributed by atoms with van der Waals surface area (Å²) in [5, 5.41) is 13.8. The number of phenols is 1. The molecule has 0 fully saturated rings. The van der Waals surface area contributed by atoms with Crippen LogP contribution in [0.4, 0.5) is 5.69 Å². The van der Waals surface area contributed by atoms with Crippen molar-refractivity contribution in [2.75, 3.05) is 5.73 Å². The van der Waals surface area contributed by atoms with Gasteiger partial charge in [0.05, 0.1) is 4.90 Å². The second-order valence-corrected chi connectivity index (χ2v) is 3.87. The summed E-state index contributed by atoms with van der Waals surface area (Å²) in [6, 6.07) is 3.44. The van der Waals surface area contributed by atoms with E-state index in [9.17, 15) is 8.42 Å². The standard InChI is InChI=1S/C6H8N2O3S/c7-4-1-5(9)3-6(2-4)12(8,10)11/h1-3,9H,7H2,(H2,8,10,11). The Morgan fingerprint density at radius 1 is 1.25 bits per heavy atom. The van der Waals surface area contributed by atoms with Crippen LogP contribution in [0.2, 0.25) is 0 Å². The first-order valence-electron chi connectivity index (χ1n) is 3.02. The van der Waals surface area contributed by atoms with Crippen molar-refractivity contribution in [1.29, 1.82) is 0 Å². The Bertz CT molecular complexity index is 379. The third-order valence-corrected chi connectivity index (χ3v) is 2.13. The number of hydrogen-bond donors (Lipinski definition) is 3. The number of nitrogens with two attached hydrogens (primary N) is 2. The van der Waals surface area contributed by atoms with E-state index in [-0.39, 0.29) is 16.3 Å². The SMILES string of the molecule is Nc1cc(O)cc(S(N)(=O)=O)c1. The topological polar surface area (TPSA) is 106 Å². The third-order valence-electron chi connectivity index (χ3n) is 1.24. The molecule has 6 heteroatoms. The molecule has 0 spiro atoms. The van der Waals surface area contributed by atoms with E-state index < -0.39 is 10.0 Å². The van der Waals surface area contributed by atoms with Crippen LogP contribution in [-0.4, -0.2) is 13.5 Å². The van der Waals surface area contributed by atoms with Gasteiger partial charge in [0.1, 0.15) is 5.75 Å². The number of nitrogen functional groups attached to an aromatic ring is 1. The number of aromatic hydroxyl groups is 1. The summed E-state index contributed by atoms with van der Waals surface area (Å²) in [6.07, 6.45) is 0. The molecule has 0 aromatic heterocycles. The number of hydrogen-bond acceptors (Lipinski definition) is 4. The maximum Gasteiger partial charge on any atom is 0.238 e. The number of benzene rings is 1. The lowest BCUT2D eigenvalue weighted by atomic mass is 10.3. The first-order valence-corrected chi connectivity index (χ1v) is 4.56. The van der Waals surface area contributed by atoms with Crippen molar-refractivity contribution in [3.8, 4) is 5.75 Å². The van der Waals surface area contributed by atoms with Crippen LogP contribution in [0.5, 0.6) is 5.75 Å². The van der Waals surface area contributed by atoms with Crippen LogP contribution in [-0.2, 0) is 10.0 Å². The monoisotopic (exact) mass is 188 g/mol. The average molecular weight is 188 g/mol. The van der Waals surface area contributed by atoms with Gasteiger partial charge in [-0.1, -0.05) is 0 Å². The second-order valence-electron chi connectivity index (χ2n) is 2.31. The van der Waals surface area contributed by atoms with Gasteiger partial charge >= 0.3 is 0 Å². The highest BCUT2D eigenvalue weighted by Crippen LogP contribution is 2.19. The van der Waals surface area contributed by atoms with Crippen LogP contribution in [0.15, 0.2) is 23.1 Å². The van der Waals surface area contributed by atoms with Crippen molar-refractivity contribution in [1.82, 2.24) is 0 Å². The molecule has 12 heavy (non-hydrogen) atoms. The molecule has 0 saturated heterocycles. The van der Waals surface area contributed by atoms with Gasteiger partial charge in [0.15, 0.2) is 0 Å². The zero-order valence-corrected chi connectivity index (χ0v) is 6.88. The number of anilines is 1. The normalized spacial score (nSPS) is 11.4. The maximum absolute atomic E-state index is 10.7. The third kappa shape index (κ3) is 1.86. The summed E-state index contributed by atoms with van der Waals surface area (Å²) in [5.74, 6) is -0.223. The van der Waals surface area contributed by atoms with E-state index in [2.05, 4.69) is 0 Å². The van der Waals surface area contributed by atoms with Crippen molar-refractivity contribution in [2.24, 2.45) is 5.14 Å². The molecule has 0 atom stereocenters. The summed E-state index contributed by atoms with van der Waals surface area (Å²) >= 11 is 0. The van der Waals surface area contributed by atoms with E-state index in [1.807, 2.05) is 0 Å². The van der Waals surface area contributed by atoms with Gasteiger partial charge in [0.2, 0.25) is 10.0 Å². The van der Waals surface area contributed by atoms with Crippen LogP contribution in [0.25, 0.3) is 0 Å². The fourth-order valence-corrected chi connectivity index (χ4v) is 1.36. The Morgan fingerprint density at radius 3 is 2.25 bits per heavy atom. The Balaban J connectivity index is 3.37. The number of sulfonamides is 1. The molecule has 0 unspecified atom stereocenters. The van der Waals surface area contributed by atoms with Crippen LogP contribution >= 0.6 is 0 Å². The smallest absolute Gasteiger partial charge is 0.238 e. The number of rotatable bonds is 1. The fraction of sp³-hybridized carbons (Fsp3) is 0. The minimum atomic E-state index is -3.79. The Labute approximate surface area is 69.7 Å². The van der Waals surface area contributed by atoms with Crippen molar-refractivity contribution >= 4 is 15.7 Å². The number of phenolic OH excluding ortho intramolecular Hbond substituents is 1. The molecule has 0 radical (unpaired) electrons. The molecule has 1 aromatic rings. The first-order chi connectivity index (χ1) is 5.39. The van der Waals surface area contributed by atoms with Gasteiger partial charge in [-0.05, 0) is 6.07 Å². The van der Waals surface area contributed by atoms with Gasteiger partial charge in [-0.2, -0.15) is 0 Å².